The maximum atomic E-state index is 13.5. The minimum atomic E-state index is -0.102. The molecule has 5 nitrogen and oxygen atoms in total. The number of fused-ring (bicyclic) bond motifs is 1. The summed E-state index contributed by atoms with van der Waals surface area (Å²) >= 11 is 1.36. The van der Waals surface area contributed by atoms with Gasteiger partial charge in [0.1, 0.15) is 0 Å². The van der Waals surface area contributed by atoms with Gasteiger partial charge in [-0.25, -0.2) is 4.98 Å². The number of para-hydroxylation sites is 1. The Hall–Kier alpha value is -2.60. The van der Waals surface area contributed by atoms with Gasteiger partial charge in [0, 0.05) is 12.6 Å². The SMILES string of the molecule is CCN(C(=O)CSc1nc2ccccc2c(=O)n1-c1cc(C)cc(C)c1)C1CCCCC1. The van der Waals surface area contributed by atoms with Crippen LogP contribution in [0.2, 0.25) is 0 Å². The van der Waals surface area contributed by atoms with Crippen LogP contribution in [0.4, 0.5) is 0 Å². The van der Waals surface area contributed by atoms with Gasteiger partial charge in [-0.05, 0) is 69.0 Å². The van der Waals surface area contributed by atoms with Crippen LogP contribution in [0.15, 0.2) is 52.4 Å². The number of aromatic nitrogens is 2. The molecule has 6 heteroatoms. The maximum Gasteiger partial charge on any atom is 0.266 e. The lowest BCUT2D eigenvalue weighted by molar-refractivity contribution is -0.131. The third-order valence-corrected chi connectivity index (χ3v) is 7.13. The number of carbonyl (C=O) groups excluding carboxylic acids is 1. The van der Waals surface area contributed by atoms with Gasteiger partial charge in [0.15, 0.2) is 5.16 Å². The van der Waals surface area contributed by atoms with Crippen molar-refractivity contribution in [3.8, 4) is 5.69 Å². The third-order valence-electron chi connectivity index (χ3n) is 6.21. The number of amides is 1. The molecule has 0 spiro atoms. The summed E-state index contributed by atoms with van der Waals surface area (Å²) in [5, 5.41) is 1.14. The fraction of sp³-hybridized carbons (Fsp3) is 0.423. The second-order valence-electron chi connectivity index (χ2n) is 8.66. The minimum absolute atomic E-state index is 0.102. The molecule has 168 valence electrons. The standard InChI is InChI=1S/C26H31N3O2S/c1-4-28(20-10-6-5-7-11-20)24(30)17-32-26-27-23-13-9-8-12-22(23)25(31)29(26)21-15-18(2)14-19(3)16-21/h8-9,12-16,20H,4-7,10-11,17H2,1-3H3. The van der Waals surface area contributed by atoms with E-state index in [4.69, 9.17) is 4.98 Å². The Morgan fingerprint density at radius 2 is 1.78 bits per heavy atom. The molecule has 1 aliphatic rings. The van der Waals surface area contributed by atoms with Gasteiger partial charge in [-0.1, -0.05) is 49.2 Å². The van der Waals surface area contributed by atoms with Gasteiger partial charge in [0.25, 0.3) is 5.56 Å². The van der Waals surface area contributed by atoms with E-state index in [2.05, 4.69) is 13.0 Å². The summed E-state index contributed by atoms with van der Waals surface area (Å²) < 4.78 is 1.66. The van der Waals surface area contributed by atoms with Gasteiger partial charge in [-0.15, -0.1) is 0 Å². The van der Waals surface area contributed by atoms with Crippen LogP contribution in [0.25, 0.3) is 16.6 Å². The average molecular weight is 450 g/mol. The van der Waals surface area contributed by atoms with Crippen molar-refractivity contribution in [2.75, 3.05) is 12.3 Å². The van der Waals surface area contributed by atoms with Gasteiger partial charge in [-0.3, -0.25) is 14.2 Å². The Bertz CT molecular complexity index is 1160. The Labute approximate surface area is 193 Å². The highest BCUT2D eigenvalue weighted by molar-refractivity contribution is 7.99. The average Bonchev–Trinajstić information content (AvgIpc) is 2.78. The summed E-state index contributed by atoms with van der Waals surface area (Å²) in [6.45, 7) is 6.82. The molecule has 0 atom stereocenters. The highest BCUT2D eigenvalue weighted by atomic mass is 32.2. The van der Waals surface area contributed by atoms with E-state index in [1.807, 2.05) is 55.1 Å². The number of hydrogen-bond acceptors (Lipinski definition) is 4. The van der Waals surface area contributed by atoms with E-state index < -0.39 is 0 Å². The van der Waals surface area contributed by atoms with Crippen molar-refractivity contribution in [2.45, 2.75) is 64.1 Å². The fourth-order valence-corrected chi connectivity index (χ4v) is 5.66. The lowest BCUT2D eigenvalue weighted by atomic mass is 9.94. The summed E-state index contributed by atoms with van der Waals surface area (Å²) in [7, 11) is 0. The number of thioether (sulfide) groups is 1. The van der Waals surface area contributed by atoms with Gasteiger partial charge in [-0.2, -0.15) is 0 Å². The Balaban J connectivity index is 1.69. The Kier molecular flexibility index (Phi) is 6.99. The van der Waals surface area contributed by atoms with E-state index in [0.717, 1.165) is 36.2 Å². The van der Waals surface area contributed by atoms with Crippen LogP contribution in [0, 0.1) is 13.8 Å². The van der Waals surface area contributed by atoms with Crippen molar-refractivity contribution in [1.82, 2.24) is 14.5 Å². The summed E-state index contributed by atoms with van der Waals surface area (Å²) in [4.78, 5) is 33.4. The number of carbonyl (C=O) groups is 1. The van der Waals surface area contributed by atoms with E-state index in [-0.39, 0.29) is 17.2 Å². The quantitative estimate of drug-likeness (QED) is 0.380. The molecule has 1 fully saturated rings. The van der Waals surface area contributed by atoms with Crippen LogP contribution in [0.1, 0.15) is 50.2 Å². The molecule has 4 rings (SSSR count). The zero-order chi connectivity index (χ0) is 22.7. The smallest absolute Gasteiger partial charge is 0.266 e. The molecule has 1 saturated carbocycles. The predicted octanol–water partition coefficient (Wildman–Crippen LogP) is 5.28. The van der Waals surface area contributed by atoms with Crippen molar-refractivity contribution >= 4 is 28.6 Å². The molecule has 0 radical (unpaired) electrons. The zero-order valence-electron chi connectivity index (χ0n) is 19.1. The summed E-state index contributed by atoms with van der Waals surface area (Å²) in [5.74, 6) is 0.402. The summed E-state index contributed by atoms with van der Waals surface area (Å²) in [5.41, 5.74) is 3.52. The second kappa shape index (κ2) is 9.90. The molecule has 0 bridgehead atoms. The third kappa shape index (κ3) is 4.75. The lowest BCUT2D eigenvalue weighted by Gasteiger charge is -2.33. The van der Waals surface area contributed by atoms with Gasteiger partial charge >= 0.3 is 0 Å². The summed E-state index contributed by atoms with van der Waals surface area (Å²) in [6, 6.07) is 13.8. The molecule has 0 unspecified atom stereocenters. The van der Waals surface area contributed by atoms with E-state index in [1.165, 1.54) is 31.0 Å². The van der Waals surface area contributed by atoms with Crippen LogP contribution < -0.4 is 5.56 Å². The molecule has 2 aromatic carbocycles. The Morgan fingerprint density at radius 1 is 1.09 bits per heavy atom. The number of rotatable bonds is 6. The van der Waals surface area contributed by atoms with Crippen LogP contribution in [0.3, 0.4) is 0 Å². The van der Waals surface area contributed by atoms with Crippen molar-refractivity contribution < 1.29 is 4.79 Å². The van der Waals surface area contributed by atoms with E-state index in [1.54, 1.807) is 4.57 Å². The predicted molar refractivity (Wildman–Crippen MR) is 132 cm³/mol. The van der Waals surface area contributed by atoms with Crippen molar-refractivity contribution in [3.05, 3.63) is 63.9 Å². The van der Waals surface area contributed by atoms with Gasteiger partial charge in [0.05, 0.1) is 22.3 Å². The molecule has 1 heterocycles. The minimum Gasteiger partial charge on any atom is -0.339 e. The molecule has 1 amide bonds. The van der Waals surface area contributed by atoms with Crippen LogP contribution >= 0.6 is 11.8 Å². The first kappa shape index (κ1) is 22.6. The second-order valence-corrected chi connectivity index (χ2v) is 9.60. The molecular weight excluding hydrogens is 418 g/mol. The maximum absolute atomic E-state index is 13.5. The van der Waals surface area contributed by atoms with Crippen molar-refractivity contribution in [1.29, 1.82) is 0 Å². The van der Waals surface area contributed by atoms with E-state index in [0.29, 0.717) is 22.1 Å². The first-order valence-electron chi connectivity index (χ1n) is 11.5. The number of benzene rings is 2. The largest absolute Gasteiger partial charge is 0.339 e. The monoisotopic (exact) mass is 449 g/mol. The number of nitrogens with zero attached hydrogens (tertiary/aromatic N) is 3. The number of aryl methyl sites for hydroxylation is 2. The van der Waals surface area contributed by atoms with E-state index >= 15 is 0 Å². The zero-order valence-corrected chi connectivity index (χ0v) is 20.0. The van der Waals surface area contributed by atoms with Crippen LogP contribution in [0.5, 0.6) is 0 Å². The fourth-order valence-electron chi connectivity index (χ4n) is 4.76. The highest BCUT2D eigenvalue weighted by Crippen LogP contribution is 2.26. The van der Waals surface area contributed by atoms with Crippen LogP contribution in [-0.4, -0.2) is 38.7 Å². The molecule has 0 N–H and O–H groups in total. The molecule has 1 aliphatic carbocycles. The topological polar surface area (TPSA) is 55.2 Å². The number of hydrogen-bond donors (Lipinski definition) is 0. The first-order valence-corrected chi connectivity index (χ1v) is 12.5. The normalized spacial score (nSPS) is 14.6. The molecule has 1 aromatic heterocycles. The highest BCUT2D eigenvalue weighted by Gasteiger charge is 2.25. The van der Waals surface area contributed by atoms with E-state index in [9.17, 15) is 9.59 Å². The van der Waals surface area contributed by atoms with Gasteiger partial charge < -0.3 is 4.90 Å². The molecule has 3 aromatic rings. The summed E-state index contributed by atoms with van der Waals surface area (Å²) in [6.07, 6.45) is 5.83. The molecule has 0 aliphatic heterocycles. The Morgan fingerprint density at radius 3 is 2.47 bits per heavy atom. The van der Waals surface area contributed by atoms with Gasteiger partial charge in [0.2, 0.25) is 5.91 Å². The van der Waals surface area contributed by atoms with Crippen molar-refractivity contribution in [3.63, 3.8) is 0 Å². The molecule has 32 heavy (non-hydrogen) atoms. The first-order chi connectivity index (χ1) is 15.5. The van der Waals surface area contributed by atoms with Crippen LogP contribution in [-0.2, 0) is 4.79 Å². The molecular formula is C26H31N3O2S. The van der Waals surface area contributed by atoms with Crippen molar-refractivity contribution in [2.24, 2.45) is 0 Å². The molecule has 0 saturated heterocycles. The lowest BCUT2D eigenvalue weighted by Crippen LogP contribution is -2.42.